The number of nitrogens with one attached hydrogen (secondary N) is 1. The van der Waals surface area contributed by atoms with Crippen molar-refractivity contribution in [3.63, 3.8) is 0 Å². The smallest absolute Gasteiger partial charge is 0.0587 e. The molecule has 0 fully saturated rings. The van der Waals surface area contributed by atoms with Crippen molar-refractivity contribution in [2.24, 2.45) is 0 Å². The first-order chi connectivity index (χ1) is 8.88. The summed E-state index contributed by atoms with van der Waals surface area (Å²) in [4.78, 5) is 0. The Balaban J connectivity index is 2.68. The quantitative estimate of drug-likeness (QED) is 0.767. The highest BCUT2D eigenvalue weighted by molar-refractivity contribution is 6.31. The van der Waals surface area contributed by atoms with E-state index >= 15 is 0 Å². The van der Waals surface area contributed by atoms with Gasteiger partial charge in [-0.15, -0.1) is 0 Å². The Bertz CT molecular complexity index is 415. The average Bonchev–Trinajstić information content (AvgIpc) is 2.33. The Hall–Kier alpha value is -0.570. The van der Waals surface area contributed by atoms with Crippen LogP contribution in [0.5, 0.6) is 0 Å². The van der Waals surface area contributed by atoms with Crippen LogP contribution in [0.4, 0.5) is 0 Å². The Labute approximate surface area is 122 Å². The summed E-state index contributed by atoms with van der Waals surface area (Å²) in [5.41, 5.74) is 3.97. The fourth-order valence-corrected chi connectivity index (χ4v) is 2.56. The summed E-state index contributed by atoms with van der Waals surface area (Å²) >= 11 is 6.17. The number of methoxy groups -OCH3 is 1. The molecule has 1 aromatic rings. The van der Waals surface area contributed by atoms with E-state index in [0.717, 1.165) is 36.7 Å². The van der Waals surface area contributed by atoms with E-state index in [1.54, 1.807) is 7.11 Å². The molecule has 19 heavy (non-hydrogen) atoms. The molecule has 0 saturated carbocycles. The molecule has 0 bridgehead atoms. The molecule has 1 rings (SSSR count). The van der Waals surface area contributed by atoms with Crippen molar-refractivity contribution in [1.29, 1.82) is 0 Å². The number of rotatable bonds is 7. The molecular formula is C16H26ClNO. The lowest BCUT2D eigenvalue weighted by Gasteiger charge is -2.28. The Morgan fingerprint density at radius 3 is 2.47 bits per heavy atom. The van der Waals surface area contributed by atoms with Gasteiger partial charge in [0.05, 0.1) is 6.61 Å². The number of aryl methyl sites for hydroxylation is 2. The highest BCUT2D eigenvalue weighted by atomic mass is 35.5. The van der Waals surface area contributed by atoms with Gasteiger partial charge >= 0.3 is 0 Å². The molecule has 0 aliphatic rings. The molecule has 0 atom stereocenters. The second kappa shape index (κ2) is 7.28. The standard InChI is InChI=1S/C16H26ClNO/c1-12-11-15(17)13(2)10-14(12)16(3,4)6-7-18-8-9-19-5/h10-11,18H,6-9H2,1-5H3. The highest BCUT2D eigenvalue weighted by Crippen LogP contribution is 2.32. The van der Waals surface area contributed by atoms with Gasteiger partial charge in [0.25, 0.3) is 0 Å². The van der Waals surface area contributed by atoms with Crippen molar-refractivity contribution >= 4 is 11.6 Å². The highest BCUT2D eigenvalue weighted by Gasteiger charge is 2.22. The molecule has 1 N–H and O–H groups in total. The van der Waals surface area contributed by atoms with E-state index in [-0.39, 0.29) is 5.41 Å². The Kier molecular flexibility index (Phi) is 6.31. The fraction of sp³-hybridized carbons (Fsp3) is 0.625. The molecule has 0 unspecified atom stereocenters. The van der Waals surface area contributed by atoms with Gasteiger partial charge in [-0.1, -0.05) is 31.5 Å². The number of ether oxygens (including phenoxy) is 1. The third kappa shape index (κ3) is 4.79. The zero-order valence-corrected chi connectivity index (χ0v) is 13.5. The van der Waals surface area contributed by atoms with Gasteiger partial charge in [0.2, 0.25) is 0 Å². The third-order valence-electron chi connectivity index (χ3n) is 3.64. The van der Waals surface area contributed by atoms with Gasteiger partial charge in [-0.25, -0.2) is 0 Å². The lowest BCUT2D eigenvalue weighted by atomic mass is 9.78. The molecule has 0 aromatic heterocycles. The van der Waals surface area contributed by atoms with Crippen LogP contribution in [-0.2, 0) is 10.2 Å². The zero-order chi connectivity index (χ0) is 14.5. The summed E-state index contributed by atoms with van der Waals surface area (Å²) in [5.74, 6) is 0. The average molecular weight is 284 g/mol. The van der Waals surface area contributed by atoms with Gasteiger partial charge < -0.3 is 10.1 Å². The molecule has 0 heterocycles. The molecule has 0 amide bonds. The van der Waals surface area contributed by atoms with Crippen LogP contribution in [0.1, 0.15) is 37.0 Å². The third-order valence-corrected chi connectivity index (χ3v) is 4.05. The molecule has 3 heteroatoms. The molecule has 0 aliphatic carbocycles. The van der Waals surface area contributed by atoms with Crippen molar-refractivity contribution in [3.05, 3.63) is 33.8 Å². The lowest BCUT2D eigenvalue weighted by Crippen LogP contribution is -2.28. The Morgan fingerprint density at radius 2 is 1.84 bits per heavy atom. The zero-order valence-electron chi connectivity index (χ0n) is 12.8. The number of benzene rings is 1. The fourth-order valence-electron chi connectivity index (χ4n) is 2.34. The van der Waals surface area contributed by atoms with E-state index in [1.807, 2.05) is 0 Å². The minimum absolute atomic E-state index is 0.152. The van der Waals surface area contributed by atoms with Gasteiger partial charge in [-0.05, 0) is 55.0 Å². The first-order valence-electron chi connectivity index (χ1n) is 6.85. The first-order valence-corrected chi connectivity index (χ1v) is 7.23. The van der Waals surface area contributed by atoms with E-state index in [9.17, 15) is 0 Å². The molecular weight excluding hydrogens is 258 g/mol. The minimum atomic E-state index is 0.152. The first kappa shape index (κ1) is 16.5. The van der Waals surface area contributed by atoms with Gasteiger partial charge in [0.1, 0.15) is 0 Å². The van der Waals surface area contributed by atoms with Crippen LogP contribution in [0.2, 0.25) is 5.02 Å². The van der Waals surface area contributed by atoms with E-state index in [4.69, 9.17) is 16.3 Å². The van der Waals surface area contributed by atoms with Crippen LogP contribution in [-0.4, -0.2) is 26.8 Å². The normalized spacial score (nSPS) is 11.9. The van der Waals surface area contributed by atoms with Gasteiger partial charge in [0.15, 0.2) is 0 Å². The largest absolute Gasteiger partial charge is 0.383 e. The minimum Gasteiger partial charge on any atom is -0.383 e. The molecule has 0 radical (unpaired) electrons. The maximum atomic E-state index is 6.17. The molecule has 0 aliphatic heterocycles. The molecule has 2 nitrogen and oxygen atoms in total. The summed E-state index contributed by atoms with van der Waals surface area (Å²) < 4.78 is 5.03. The van der Waals surface area contributed by atoms with Crippen LogP contribution >= 0.6 is 11.6 Å². The van der Waals surface area contributed by atoms with Crippen LogP contribution in [0.3, 0.4) is 0 Å². The second-order valence-corrected chi connectivity index (χ2v) is 6.20. The van der Waals surface area contributed by atoms with Gasteiger partial charge in [-0.3, -0.25) is 0 Å². The number of halogens is 1. The molecule has 1 aromatic carbocycles. The Morgan fingerprint density at radius 1 is 1.16 bits per heavy atom. The maximum absolute atomic E-state index is 6.17. The summed E-state index contributed by atoms with van der Waals surface area (Å²) in [6, 6.07) is 4.30. The van der Waals surface area contributed by atoms with Gasteiger partial charge in [0, 0.05) is 18.7 Å². The summed E-state index contributed by atoms with van der Waals surface area (Å²) in [5, 5.41) is 4.26. The van der Waals surface area contributed by atoms with Crippen LogP contribution < -0.4 is 5.32 Å². The molecule has 0 spiro atoms. The molecule has 108 valence electrons. The SMILES string of the molecule is COCCNCCC(C)(C)c1cc(C)c(Cl)cc1C. The van der Waals surface area contributed by atoms with Crippen LogP contribution in [0, 0.1) is 13.8 Å². The number of hydrogen-bond donors (Lipinski definition) is 1. The van der Waals surface area contributed by atoms with E-state index in [0.29, 0.717) is 0 Å². The van der Waals surface area contributed by atoms with Crippen molar-refractivity contribution in [1.82, 2.24) is 5.32 Å². The molecule has 0 saturated heterocycles. The summed E-state index contributed by atoms with van der Waals surface area (Å²) in [7, 11) is 1.73. The summed E-state index contributed by atoms with van der Waals surface area (Å²) in [6.45, 7) is 11.5. The monoisotopic (exact) mass is 283 g/mol. The number of hydrogen-bond acceptors (Lipinski definition) is 2. The van der Waals surface area contributed by atoms with Gasteiger partial charge in [-0.2, -0.15) is 0 Å². The summed E-state index contributed by atoms with van der Waals surface area (Å²) in [6.07, 6.45) is 1.10. The van der Waals surface area contributed by atoms with Crippen molar-refractivity contribution in [3.8, 4) is 0 Å². The predicted molar refractivity (Wildman–Crippen MR) is 83.3 cm³/mol. The van der Waals surface area contributed by atoms with E-state index in [2.05, 4.69) is 45.1 Å². The van der Waals surface area contributed by atoms with Crippen molar-refractivity contribution in [2.45, 2.75) is 39.5 Å². The van der Waals surface area contributed by atoms with Crippen LogP contribution in [0.15, 0.2) is 12.1 Å². The van der Waals surface area contributed by atoms with Crippen molar-refractivity contribution < 1.29 is 4.74 Å². The second-order valence-electron chi connectivity index (χ2n) is 5.79. The topological polar surface area (TPSA) is 21.3 Å². The maximum Gasteiger partial charge on any atom is 0.0587 e. The lowest BCUT2D eigenvalue weighted by molar-refractivity contribution is 0.198. The predicted octanol–water partition coefficient (Wildman–Crippen LogP) is 3.86. The van der Waals surface area contributed by atoms with E-state index < -0.39 is 0 Å². The van der Waals surface area contributed by atoms with Crippen LogP contribution in [0.25, 0.3) is 0 Å². The van der Waals surface area contributed by atoms with Crippen molar-refractivity contribution in [2.75, 3.05) is 26.8 Å². The van der Waals surface area contributed by atoms with E-state index in [1.165, 1.54) is 11.1 Å².